The standard InChI is InChI=1S/C19H22N2O4S/c1-25-17-9-5-8-15(12-17)21-19(22)18(14-6-3-2-4-7-14)20-16-10-11-26(23,24)13-16/h2-9,12,16,18,20H,10-11,13H2,1H3,(H,21,22)/t16-,18+/m1/s1. The van der Waals surface area contributed by atoms with Crippen molar-refractivity contribution in [3.05, 3.63) is 60.2 Å². The van der Waals surface area contributed by atoms with Gasteiger partial charge < -0.3 is 10.1 Å². The molecular formula is C19H22N2O4S. The highest BCUT2D eigenvalue weighted by atomic mass is 32.2. The molecule has 3 rings (SSSR count). The maximum Gasteiger partial charge on any atom is 0.246 e. The molecule has 1 aliphatic heterocycles. The molecule has 1 amide bonds. The van der Waals surface area contributed by atoms with Gasteiger partial charge in [-0.1, -0.05) is 36.4 Å². The molecule has 6 nitrogen and oxygen atoms in total. The van der Waals surface area contributed by atoms with Gasteiger partial charge in [-0.2, -0.15) is 0 Å². The highest BCUT2D eigenvalue weighted by Gasteiger charge is 2.32. The van der Waals surface area contributed by atoms with Gasteiger partial charge >= 0.3 is 0 Å². The molecule has 1 heterocycles. The first-order chi connectivity index (χ1) is 12.5. The van der Waals surface area contributed by atoms with Crippen LogP contribution in [0.15, 0.2) is 54.6 Å². The van der Waals surface area contributed by atoms with E-state index >= 15 is 0 Å². The molecule has 1 aliphatic rings. The van der Waals surface area contributed by atoms with Gasteiger partial charge in [-0.3, -0.25) is 10.1 Å². The van der Waals surface area contributed by atoms with Crippen LogP contribution in [0.4, 0.5) is 5.69 Å². The summed E-state index contributed by atoms with van der Waals surface area (Å²) in [5, 5.41) is 6.09. The van der Waals surface area contributed by atoms with Crippen molar-refractivity contribution in [2.75, 3.05) is 23.9 Å². The zero-order valence-electron chi connectivity index (χ0n) is 14.5. The van der Waals surface area contributed by atoms with Crippen LogP contribution < -0.4 is 15.4 Å². The van der Waals surface area contributed by atoms with Gasteiger partial charge in [0.1, 0.15) is 11.8 Å². The number of benzene rings is 2. The second-order valence-corrected chi connectivity index (χ2v) is 8.56. The van der Waals surface area contributed by atoms with Gasteiger partial charge in [0.05, 0.1) is 18.6 Å². The molecule has 0 unspecified atom stereocenters. The van der Waals surface area contributed by atoms with Crippen molar-refractivity contribution in [2.45, 2.75) is 18.5 Å². The molecule has 26 heavy (non-hydrogen) atoms. The number of anilines is 1. The SMILES string of the molecule is COc1cccc(NC(=O)[C@@H](N[C@@H]2CCS(=O)(=O)C2)c2ccccc2)c1. The lowest BCUT2D eigenvalue weighted by atomic mass is 10.0. The molecule has 0 aliphatic carbocycles. The first kappa shape index (κ1) is 18.4. The molecule has 0 spiro atoms. The van der Waals surface area contributed by atoms with E-state index in [-0.39, 0.29) is 23.5 Å². The number of ether oxygens (including phenoxy) is 1. The molecule has 0 radical (unpaired) electrons. The lowest BCUT2D eigenvalue weighted by Gasteiger charge is -2.22. The third-order valence-corrected chi connectivity index (χ3v) is 6.14. The molecular weight excluding hydrogens is 352 g/mol. The van der Waals surface area contributed by atoms with E-state index in [9.17, 15) is 13.2 Å². The fourth-order valence-corrected chi connectivity index (χ4v) is 4.73. The molecule has 2 atom stereocenters. The molecule has 0 saturated carbocycles. The molecule has 2 aromatic carbocycles. The monoisotopic (exact) mass is 374 g/mol. The Bertz CT molecular complexity index is 868. The van der Waals surface area contributed by atoms with Gasteiger partial charge in [0.2, 0.25) is 5.91 Å². The van der Waals surface area contributed by atoms with Crippen molar-refractivity contribution in [1.82, 2.24) is 5.32 Å². The summed E-state index contributed by atoms with van der Waals surface area (Å²) in [4.78, 5) is 12.9. The van der Waals surface area contributed by atoms with Crippen LogP contribution >= 0.6 is 0 Å². The van der Waals surface area contributed by atoms with Gasteiger partial charge in [0.15, 0.2) is 9.84 Å². The smallest absolute Gasteiger partial charge is 0.246 e. The Hall–Kier alpha value is -2.38. The Kier molecular flexibility index (Phi) is 5.58. The zero-order chi connectivity index (χ0) is 18.6. The number of carbonyl (C=O) groups excluding carboxylic acids is 1. The van der Waals surface area contributed by atoms with Gasteiger partial charge in [-0.05, 0) is 24.1 Å². The first-order valence-corrected chi connectivity index (χ1v) is 10.3. The van der Waals surface area contributed by atoms with E-state index in [0.29, 0.717) is 17.9 Å². The Balaban J connectivity index is 1.79. The van der Waals surface area contributed by atoms with Gasteiger partial charge in [0, 0.05) is 17.8 Å². The largest absolute Gasteiger partial charge is 0.497 e. The second kappa shape index (κ2) is 7.88. The summed E-state index contributed by atoms with van der Waals surface area (Å²) < 4.78 is 28.7. The van der Waals surface area contributed by atoms with Crippen LogP contribution in [0.5, 0.6) is 5.75 Å². The van der Waals surface area contributed by atoms with Crippen molar-refractivity contribution >= 4 is 21.4 Å². The second-order valence-electron chi connectivity index (χ2n) is 6.33. The minimum absolute atomic E-state index is 0.0583. The van der Waals surface area contributed by atoms with E-state index in [1.165, 1.54) is 0 Å². The summed E-state index contributed by atoms with van der Waals surface area (Å²) >= 11 is 0. The topological polar surface area (TPSA) is 84.5 Å². The summed E-state index contributed by atoms with van der Waals surface area (Å²) in [6.07, 6.45) is 0.512. The number of rotatable bonds is 6. The first-order valence-electron chi connectivity index (χ1n) is 8.43. The summed E-state index contributed by atoms with van der Waals surface area (Å²) in [6, 6.07) is 15.5. The molecule has 2 aromatic rings. The maximum absolute atomic E-state index is 12.9. The van der Waals surface area contributed by atoms with Crippen molar-refractivity contribution in [3.63, 3.8) is 0 Å². The van der Waals surface area contributed by atoms with Gasteiger partial charge in [0.25, 0.3) is 0 Å². The molecule has 1 fully saturated rings. The molecule has 2 N–H and O–H groups in total. The van der Waals surface area contributed by atoms with Gasteiger partial charge in [-0.15, -0.1) is 0 Å². The zero-order valence-corrected chi connectivity index (χ0v) is 15.3. The fraction of sp³-hybridized carbons (Fsp3) is 0.316. The predicted molar refractivity (Wildman–Crippen MR) is 101 cm³/mol. The number of hydrogen-bond donors (Lipinski definition) is 2. The molecule has 138 valence electrons. The van der Waals surface area contributed by atoms with Crippen LogP contribution in [0, 0.1) is 0 Å². The van der Waals surface area contributed by atoms with E-state index in [1.54, 1.807) is 31.4 Å². The number of amides is 1. The van der Waals surface area contributed by atoms with E-state index in [1.807, 2.05) is 30.3 Å². The van der Waals surface area contributed by atoms with Crippen LogP contribution in [-0.2, 0) is 14.6 Å². The summed E-state index contributed by atoms with van der Waals surface area (Å²) in [5.41, 5.74) is 1.41. The normalized spacial score (nSPS) is 19.7. The fourth-order valence-electron chi connectivity index (χ4n) is 3.05. The van der Waals surface area contributed by atoms with Crippen LogP contribution in [0.25, 0.3) is 0 Å². The summed E-state index contributed by atoms with van der Waals surface area (Å²) in [5.74, 6) is 0.620. The van der Waals surface area contributed by atoms with Crippen LogP contribution in [0.1, 0.15) is 18.0 Å². The number of carbonyl (C=O) groups is 1. The van der Waals surface area contributed by atoms with Crippen molar-refractivity contribution in [1.29, 1.82) is 0 Å². The van der Waals surface area contributed by atoms with Gasteiger partial charge in [-0.25, -0.2) is 8.42 Å². The highest BCUT2D eigenvalue weighted by molar-refractivity contribution is 7.91. The van der Waals surface area contributed by atoms with Crippen LogP contribution in [0.2, 0.25) is 0 Å². The Morgan fingerprint density at radius 2 is 1.92 bits per heavy atom. The third-order valence-electron chi connectivity index (χ3n) is 4.37. The highest BCUT2D eigenvalue weighted by Crippen LogP contribution is 2.22. The quantitative estimate of drug-likeness (QED) is 0.809. The Morgan fingerprint density at radius 3 is 2.58 bits per heavy atom. The Morgan fingerprint density at radius 1 is 1.15 bits per heavy atom. The van der Waals surface area contributed by atoms with E-state index in [0.717, 1.165) is 5.56 Å². The summed E-state index contributed by atoms with van der Waals surface area (Å²) in [6.45, 7) is 0. The average Bonchev–Trinajstić information content (AvgIpc) is 2.99. The molecule has 0 bridgehead atoms. The van der Waals surface area contributed by atoms with E-state index in [4.69, 9.17) is 4.74 Å². The minimum Gasteiger partial charge on any atom is -0.497 e. The number of sulfone groups is 1. The maximum atomic E-state index is 12.9. The average molecular weight is 374 g/mol. The third kappa shape index (κ3) is 4.62. The Labute approximate surface area is 153 Å². The van der Waals surface area contributed by atoms with E-state index < -0.39 is 15.9 Å². The molecule has 1 saturated heterocycles. The number of methoxy groups -OCH3 is 1. The van der Waals surface area contributed by atoms with Crippen molar-refractivity contribution < 1.29 is 17.9 Å². The van der Waals surface area contributed by atoms with E-state index in [2.05, 4.69) is 10.6 Å². The lowest BCUT2D eigenvalue weighted by molar-refractivity contribution is -0.118. The molecule has 0 aromatic heterocycles. The van der Waals surface area contributed by atoms with Crippen LogP contribution in [0.3, 0.4) is 0 Å². The lowest BCUT2D eigenvalue weighted by Crippen LogP contribution is -2.40. The summed E-state index contributed by atoms with van der Waals surface area (Å²) in [7, 11) is -1.46. The minimum atomic E-state index is -3.03. The molecule has 7 heteroatoms. The number of nitrogens with one attached hydrogen (secondary N) is 2. The number of hydrogen-bond acceptors (Lipinski definition) is 5. The van der Waals surface area contributed by atoms with Crippen molar-refractivity contribution in [2.24, 2.45) is 0 Å². The van der Waals surface area contributed by atoms with Crippen LogP contribution in [-0.4, -0.2) is 39.0 Å². The van der Waals surface area contributed by atoms with Crippen molar-refractivity contribution in [3.8, 4) is 5.75 Å². The predicted octanol–water partition coefficient (Wildman–Crippen LogP) is 2.15.